The molecule has 1 N–H and O–H groups in total. The Hall–Kier alpha value is -0.460. The summed E-state index contributed by atoms with van der Waals surface area (Å²) in [6.07, 6.45) is 0.936. The molecule has 0 fully saturated rings. The monoisotopic (exact) mass is 315 g/mol. The average molecular weight is 315 g/mol. The van der Waals surface area contributed by atoms with Crippen LogP contribution in [0, 0.1) is 0 Å². The van der Waals surface area contributed by atoms with Gasteiger partial charge >= 0.3 is 0 Å². The zero-order chi connectivity index (χ0) is 15.6. The van der Waals surface area contributed by atoms with Gasteiger partial charge in [-0.2, -0.15) is 0 Å². The van der Waals surface area contributed by atoms with Gasteiger partial charge in [-0.15, -0.1) is 11.3 Å². The largest absolute Gasteiger partial charge is 0.385 e. The number of methoxy groups -OCH3 is 1. The number of rotatable bonds is 11. The Kier molecular flexibility index (Phi) is 9.11. The zero-order valence-corrected chi connectivity index (χ0v) is 14.6. The van der Waals surface area contributed by atoms with E-state index < -0.39 is 0 Å². The minimum absolute atomic E-state index is 0.154. The Balaban J connectivity index is 2.06. The van der Waals surface area contributed by atoms with Gasteiger partial charge in [0.05, 0.1) is 19.8 Å². The van der Waals surface area contributed by atoms with E-state index in [2.05, 4.69) is 38.2 Å². The molecule has 0 atom stereocenters. The predicted octanol–water partition coefficient (Wildman–Crippen LogP) is 3.21. The molecule has 21 heavy (non-hydrogen) atoms. The molecule has 0 spiro atoms. The van der Waals surface area contributed by atoms with Crippen LogP contribution < -0.4 is 5.32 Å². The van der Waals surface area contributed by atoms with Gasteiger partial charge in [0.2, 0.25) is 0 Å². The van der Waals surface area contributed by atoms with Crippen LogP contribution in [0.2, 0.25) is 0 Å². The fourth-order valence-corrected chi connectivity index (χ4v) is 2.54. The Bertz CT molecular complexity index is 374. The molecule has 0 aromatic carbocycles. The van der Waals surface area contributed by atoms with Gasteiger partial charge in [-0.1, -0.05) is 0 Å². The molecular weight excluding hydrogens is 286 g/mol. The van der Waals surface area contributed by atoms with E-state index in [0.29, 0.717) is 19.8 Å². The zero-order valence-electron chi connectivity index (χ0n) is 13.7. The molecule has 0 aliphatic rings. The number of hydrogen-bond donors (Lipinski definition) is 1. The summed E-state index contributed by atoms with van der Waals surface area (Å²) in [6, 6.07) is 4.31. The highest BCUT2D eigenvalue weighted by Crippen LogP contribution is 2.18. The molecule has 5 heteroatoms. The third-order valence-electron chi connectivity index (χ3n) is 2.76. The molecule has 0 aliphatic carbocycles. The molecule has 0 bridgehead atoms. The third-order valence-corrected chi connectivity index (χ3v) is 3.82. The van der Waals surface area contributed by atoms with E-state index in [0.717, 1.165) is 26.2 Å². The van der Waals surface area contributed by atoms with Gasteiger partial charge in [-0.3, -0.25) is 0 Å². The number of hydrogen-bond acceptors (Lipinski definition) is 5. The van der Waals surface area contributed by atoms with Crippen molar-refractivity contribution in [2.45, 2.75) is 45.9 Å². The molecule has 1 heterocycles. The summed E-state index contributed by atoms with van der Waals surface area (Å²) in [4.78, 5) is 2.61. The predicted molar refractivity (Wildman–Crippen MR) is 87.9 cm³/mol. The van der Waals surface area contributed by atoms with Crippen molar-refractivity contribution >= 4 is 11.3 Å². The van der Waals surface area contributed by atoms with Crippen LogP contribution in [-0.4, -0.2) is 39.1 Å². The first-order valence-corrected chi connectivity index (χ1v) is 8.30. The van der Waals surface area contributed by atoms with E-state index in [4.69, 9.17) is 14.2 Å². The lowest BCUT2D eigenvalue weighted by Crippen LogP contribution is -2.34. The van der Waals surface area contributed by atoms with Crippen molar-refractivity contribution in [1.82, 2.24) is 5.32 Å². The molecule has 1 aromatic rings. The summed E-state index contributed by atoms with van der Waals surface area (Å²) in [7, 11) is 1.70. The highest BCUT2D eigenvalue weighted by molar-refractivity contribution is 7.11. The summed E-state index contributed by atoms with van der Waals surface area (Å²) in [5, 5.41) is 3.49. The second kappa shape index (κ2) is 10.3. The van der Waals surface area contributed by atoms with E-state index in [9.17, 15) is 0 Å². The van der Waals surface area contributed by atoms with Crippen LogP contribution >= 0.6 is 11.3 Å². The molecule has 0 unspecified atom stereocenters. The van der Waals surface area contributed by atoms with Gasteiger partial charge in [0, 0.05) is 42.2 Å². The Morgan fingerprint density at radius 1 is 1.00 bits per heavy atom. The van der Waals surface area contributed by atoms with Crippen LogP contribution in [0.1, 0.15) is 36.9 Å². The summed E-state index contributed by atoms with van der Waals surface area (Å²) >= 11 is 1.80. The molecular formula is C16H29NO3S. The maximum absolute atomic E-state index is 5.62. The Morgan fingerprint density at radius 3 is 2.43 bits per heavy atom. The highest BCUT2D eigenvalue weighted by atomic mass is 32.1. The smallest absolute Gasteiger partial charge is 0.0810 e. The molecule has 0 radical (unpaired) electrons. The van der Waals surface area contributed by atoms with Crippen molar-refractivity contribution in [3.8, 4) is 0 Å². The molecule has 0 saturated heterocycles. The maximum atomic E-state index is 5.62. The van der Waals surface area contributed by atoms with Gasteiger partial charge < -0.3 is 19.5 Å². The minimum Gasteiger partial charge on any atom is -0.385 e. The maximum Gasteiger partial charge on any atom is 0.0810 e. The summed E-state index contributed by atoms with van der Waals surface area (Å²) in [6.45, 7) is 10.9. The molecule has 1 aromatic heterocycles. The second-order valence-electron chi connectivity index (χ2n) is 5.98. The fourth-order valence-electron chi connectivity index (χ4n) is 1.65. The van der Waals surface area contributed by atoms with Gasteiger partial charge in [-0.25, -0.2) is 0 Å². The average Bonchev–Trinajstić information content (AvgIpc) is 2.87. The standard InChI is InChI=1S/C16H29NO3S/c1-16(2,3)17-12-14-6-7-15(21-14)13-20-11-10-19-9-5-8-18-4/h6-7,17H,5,8-13H2,1-4H3. The van der Waals surface area contributed by atoms with Crippen LogP contribution in [0.15, 0.2) is 12.1 Å². The molecule has 0 amide bonds. The van der Waals surface area contributed by atoms with Crippen molar-refractivity contribution in [3.63, 3.8) is 0 Å². The van der Waals surface area contributed by atoms with E-state index >= 15 is 0 Å². The summed E-state index contributed by atoms with van der Waals surface area (Å²) in [5.74, 6) is 0. The number of nitrogens with one attached hydrogen (secondary N) is 1. The van der Waals surface area contributed by atoms with Crippen LogP contribution in [0.5, 0.6) is 0 Å². The number of ether oxygens (including phenoxy) is 3. The first-order chi connectivity index (χ1) is 10.0. The van der Waals surface area contributed by atoms with Crippen LogP contribution in [0.25, 0.3) is 0 Å². The second-order valence-corrected chi connectivity index (χ2v) is 7.24. The Labute approximate surface area is 132 Å². The topological polar surface area (TPSA) is 39.7 Å². The van der Waals surface area contributed by atoms with Crippen LogP contribution in [0.4, 0.5) is 0 Å². The van der Waals surface area contributed by atoms with Crippen molar-refractivity contribution in [3.05, 3.63) is 21.9 Å². The number of thiophene rings is 1. The van der Waals surface area contributed by atoms with Gasteiger partial charge in [0.25, 0.3) is 0 Å². The SMILES string of the molecule is COCCCOCCOCc1ccc(CNC(C)(C)C)s1. The van der Waals surface area contributed by atoms with Gasteiger partial charge in [0.15, 0.2) is 0 Å². The van der Waals surface area contributed by atoms with Crippen molar-refractivity contribution in [2.75, 3.05) is 33.5 Å². The third kappa shape index (κ3) is 9.98. The first-order valence-electron chi connectivity index (χ1n) is 7.48. The van der Waals surface area contributed by atoms with Crippen molar-refractivity contribution in [2.24, 2.45) is 0 Å². The Morgan fingerprint density at radius 2 is 1.71 bits per heavy atom. The quantitative estimate of drug-likeness (QED) is 0.637. The first kappa shape index (κ1) is 18.6. The van der Waals surface area contributed by atoms with E-state index in [1.54, 1.807) is 18.4 Å². The lowest BCUT2D eigenvalue weighted by atomic mass is 10.1. The van der Waals surface area contributed by atoms with E-state index in [-0.39, 0.29) is 5.54 Å². The van der Waals surface area contributed by atoms with Crippen LogP contribution in [0.3, 0.4) is 0 Å². The van der Waals surface area contributed by atoms with Crippen molar-refractivity contribution in [1.29, 1.82) is 0 Å². The molecule has 0 saturated carbocycles. The van der Waals surface area contributed by atoms with Gasteiger partial charge in [0.1, 0.15) is 0 Å². The molecule has 4 nitrogen and oxygen atoms in total. The molecule has 122 valence electrons. The molecule has 0 aliphatic heterocycles. The minimum atomic E-state index is 0.154. The van der Waals surface area contributed by atoms with Gasteiger partial charge in [-0.05, 0) is 39.3 Å². The molecule has 1 rings (SSSR count). The fraction of sp³-hybridized carbons (Fsp3) is 0.750. The lowest BCUT2D eigenvalue weighted by Gasteiger charge is -2.19. The van der Waals surface area contributed by atoms with E-state index in [1.165, 1.54) is 9.75 Å². The normalized spacial score (nSPS) is 12.0. The van der Waals surface area contributed by atoms with Crippen LogP contribution in [-0.2, 0) is 27.4 Å². The van der Waals surface area contributed by atoms with E-state index in [1.807, 2.05) is 0 Å². The van der Waals surface area contributed by atoms with Crippen molar-refractivity contribution < 1.29 is 14.2 Å². The summed E-state index contributed by atoms with van der Waals surface area (Å²) in [5.41, 5.74) is 0.154. The highest BCUT2D eigenvalue weighted by Gasteiger charge is 2.09. The summed E-state index contributed by atoms with van der Waals surface area (Å²) < 4.78 is 16.0. The lowest BCUT2D eigenvalue weighted by molar-refractivity contribution is 0.0344.